The molecule has 3 rings (SSSR count). The van der Waals surface area contributed by atoms with Crippen molar-refractivity contribution in [1.82, 2.24) is 5.32 Å². The summed E-state index contributed by atoms with van der Waals surface area (Å²) in [5.74, 6) is 2.12. The molecule has 2 aliphatic rings. The third-order valence-corrected chi connectivity index (χ3v) is 5.79. The molecule has 4 nitrogen and oxygen atoms in total. The zero-order chi connectivity index (χ0) is 18.5. The maximum atomic E-state index is 13.2. The lowest BCUT2D eigenvalue weighted by Gasteiger charge is -2.38. The second-order valence-electron chi connectivity index (χ2n) is 8.13. The number of rotatable bonds is 6. The first-order chi connectivity index (χ1) is 12.5. The number of nitrogens with one attached hydrogen (secondary N) is 1. The minimum atomic E-state index is -0.343. The van der Waals surface area contributed by atoms with Gasteiger partial charge in [0.05, 0.1) is 0 Å². The summed E-state index contributed by atoms with van der Waals surface area (Å²) >= 11 is 0. The Balaban J connectivity index is 1.74. The van der Waals surface area contributed by atoms with E-state index in [1.165, 1.54) is 12.8 Å². The van der Waals surface area contributed by atoms with Crippen molar-refractivity contribution in [3.8, 4) is 0 Å². The maximum Gasteiger partial charge on any atom is 0.231 e. The number of carbonyl (C=O) groups is 1. The molecule has 1 saturated carbocycles. The standard InChI is InChI=1S/C22H31NO3/c1-15(2)18-10-9-16(3)11-20(18)23-22(24)19(21-13-25-14-26-21)12-17-7-5-4-6-8-17/h4-8,13,15-16,18-20H,9-12,14H2,1-3H3,(H,23,24)/t16-,18+,19?,20+/m0/s1. The molecular formula is C22H31NO3. The number of benzene rings is 1. The molecule has 1 aromatic rings. The Morgan fingerprint density at radius 3 is 2.65 bits per heavy atom. The van der Waals surface area contributed by atoms with Crippen molar-refractivity contribution in [2.45, 2.75) is 52.5 Å². The SMILES string of the molecule is CC(C)[C@H]1CC[C@H](C)C[C@H]1NC(=O)C(Cc1ccccc1)C1=COCO1. The zero-order valence-corrected chi connectivity index (χ0v) is 16.1. The van der Waals surface area contributed by atoms with Crippen LogP contribution < -0.4 is 5.32 Å². The molecule has 1 aliphatic heterocycles. The van der Waals surface area contributed by atoms with Crippen LogP contribution in [0.5, 0.6) is 0 Å². The highest BCUT2D eigenvalue weighted by Gasteiger charge is 2.35. The summed E-state index contributed by atoms with van der Waals surface area (Å²) < 4.78 is 10.8. The molecule has 1 unspecified atom stereocenters. The number of hydrogen-bond acceptors (Lipinski definition) is 3. The Labute approximate surface area is 157 Å². The molecule has 1 aliphatic carbocycles. The third-order valence-electron chi connectivity index (χ3n) is 5.79. The molecule has 4 heteroatoms. The molecule has 1 heterocycles. The summed E-state index contributed by atoms with van der Waals surface area (Å²) in [6.07, 6.45) is 5.72. The lowest BCUT2D eigenvalue weighted by Crippen LogP contribution is -2.48. The van der Waals surface area contributed by atoms with E-state index in [1.807, 2.05) is 18.2 Å². The largest absolute Gasteiger partial charge is 0.462 e. The van der Waals surface area contributed by atoms with E-state index in [-0.39, 0.29) is 24.7 Å². The Bertz CT molecular complexity index is 626. The molecule has 142 valence electrons. The molecule has 0 aromatic heterocycles. The van der Waals surface area contributed by atoms with Gasteiger partial charge in [-0.05, 0) is 42.6 Å². The van der Waals surface area contributed by atoms with Gasteiger partial charge in [-0.1, -0.05) is 57.5 Å². The second-order valence-corrected chi connectivity index (χ2v) is 8.13. The van der Waals surface area contributed by atoms with Gasteiger partial charge in [0.2, 0.25) is 12.7 Å². The van der Waals surface area contributed by atoms with Crippen molar-refractivity contribution in [3.63, 3.8) is 0 Å². The normalized spacial score (nSPS) is 26.6. The monoisotopic (exact) mass is 357 g/mol. The van der Waals surface area contributed by atoms with Crippen LogP contribution in [0.4, 0.5) is 0 Å². The highest BCUT2D eigenvalue weighted by Crippen LogP contribution is 2.34. The number of hydrogen-bond donors (Lipinski definition) is 1. The van der Waals surface area contributed by atoms with Crippen molar-refractivity contribution < 1.29 is 14.3 Å². The van der Waals surface area contributed by atoms with Gasteiger partial charge < -0.3 is 14.8 Å². The lowest BCUT2D eigenvalue weighted by atomic mass is 9.74. The van der Waals surface area contributed by atoms with Crippen LogP contribution >= 0.6 is 0 Å². The fraction of sp³-hybridized carbons (Fsp3) is 0.591. The van der Waals surface area contributed by atoms with Gasteiger partial charge in [-0.15, -0.1) is 0 Å². The van der Waals surface area contributed by atoms with Crippen LogP contribution in [0.3, 0.4) is 0 Å². The van der Waals surface area contributed by atoms with Crippen LogP contribution in [-0.2, 0) is 20.7 Å². The highest BCUT2D eigenvalue weighted by atomic mass is 16.7. The van der Waals surface area contributed by atoms with E-state index in [0.29, 0.717) is 29.9 Å². The van der Waals surface area contributed by atoms with E-state index in [4.69, 9.17) is 9.47 Å². The molecule has 26 heavy (non-hydrogen) atoms. The highest BCUT2D eigenvalue weighted by molar-refractivity contribution is 5.81. The second kappa shape index (κ2) is 8.61. The molecule has 1 fully saturated rings. The smallest absolute Gasteiger partial charge is 0.231 e. The average Bonchev–Trinajstić information content (AvgIpc) is 3.14. The minimum Gasteiger partial charge on any atom is -0.462 e. The summed E-state index contributed by atoms with van der Waals surface area (Å²) in [7, 11) is 0. The van der Waals surface area contributed by atoms with Gasteiger partial charge in [0.1, 0.15) is 17.9 Å². The molecule has 0 spiro atoms. The third kappa shape index (κ3) is 4.60. The molecule has 1 amide bonds. The summed E-state index contributed by atoms with van der Waals surface area (Å²) in [5, 5.41) is 3.36. The van der Waals surface area contributed by atoms with E-state index >= 15 is 0 Å². The van der Waals surface area contributed by atoms with Crippen LogP contribution in [0.2, 0.25) is 0 Å². The predicted molar refractivity (Wildman–Crippen MR) is 102 cm³/mol. The molecule has 0 saturated heterocycles. The van der Waals surface area contributed by atoms with Crippen LogP contribution in [-0.4, -0.2) is 18.7 Å². The molecule has 0 radical (unpaired) electrons. The zero-order valence-electron chi connectivity index (χ0n) is 16.1. The quantitative estimate of drug-likeness (QED) is 0.827. The Morgan fingerprint density at radius 2 is 2.00 bits per heavy atom. The van der Waals surface area contributed by atoms with Crippen LogP contribution in [0, 0.1) is 23.7 Å². The van der Waals surface area contributed by atoms with E-state index in [9.17, 15) is 4.79 Å². The molecule has 1 N–H and O–H groups in total. The topological polar surface area (TPSA) is 47.6 Å². The molecule has 4 atom stereocenters. The Kier molecular flexibility index (Phi) is 6.23. The Hall–Kier alpha value is -1.97. The van der Waals surface area contributed by atoms with Gasteiger partial charge in [0.25, 0.3) is 0 Å². The van der Waals surface area contributed by atoms with Crippen LogP contribution in [0.15, 0.2) is 42.4 Å². The minimum absolute atomic E-state index is 0.0513. The fourth-order valence-electron chi connectivity index (χ4n) is 4.26. The lowest BCUT2D eigenvalue weighted by molar-refractivity contribution is -0.126. The molecular weight excluding hydrogens is 326 g/mol. The van der Waals surface area contributed by atoms with Gasteiger partial charge in [-0.2, -0.15) is 0 Å². The summed E-state index contributed by atoms with van der Waals surface area (Å²) in [5.41, 5.74) is 1.13. The number of carbonyl (C=O) groups excluding carboxylic acids is 1. The predicted octanol–water partition coefficient (Wildman–Crippen LogP) is 4.27. The van der Waals surface area contributed by atoms with Crippen molar-refractivity contribution in [2.24, 2.45) is 23.7 Å². The van der Waals surface area contributed by atoms with E-state index in [1.54, 1.807) is 6.26 Å². The first-order valence-electron chi connectivity index (χ1n) is 9.83. The number of amides is 1. The van der Waals surface area contributed by atoms with Gasteiger partial charge >= 0.3 is 0 Å². The Morgan fingerprint density at radius 1 is 1.23 bits per heavy atom. The molecule has 1 aromatic carbocycles. The summed E-state index contributed by atoms with van der Waals surface area (Å²) in [4.78, 5) is 13.2. The van der Waals surface area contributed by atoms with Crippen molar-refractivity contribution in [1.29, 1.82) is 0 Å². The van der Waals surface area contributed by atoms with E-state index in [2.05, 4.69) is 38.2 Å². The van der Waals surface area contributed by atoms with Crippen molar-refractivity contribution >= 4 is 5.91 Å². The van der Waals surface area contributed by atoms with Gasteiger partial charge in [-0.25, -0.2) is 0 Å². The van der Waals surface area contributed by atoms with E-state index < -0.39 is 0 Å². The summed E-state index contributed by atoms with van der Waals surface area (Å²) in [6.45, 7) is 7.01. The fourth-order valence-corrected chi connectivity index (χ4v) is 4.26. The van der Waals surface area contributed by atoms with Gasteiger partial charge in [-0.3, -0.25) is 4.79 Å². The molecule has 0 bridgehead atoms. The van der Waals surface area contributed by atoms with Gasteiger partial charge in [0, 0.05) is 6.04 Å². The van der Waals surface area contributed by atoms with Crippen molar-refractivity contribution in [2.75, 3.05) is 6.79 Å². The van der Waals surface area contributed by atoms with Crippen molar-refractivity contribution in [3.05, 3.63) is 47.9 Å². The van der Waals surface area contributed by atoms with E-state index in [0.717, 1.165) is 12.0 Å². The summed E-state index contributed by atoms with van der Waals surface area (Å²) in [6, 6.07) is 10.3. The first kappa shape index (κ1) is 18.8. The van der Waals surface area contributed by atoms with Crippen LogP contribution in [0.1, 0.15) is 45.6 Å². The van der Waals surface area contributed by atoms with Gasteiger partial charge in [0.15, 0.2) is 0 Å². The number of ether oxygens (including phenoxy) is 2. The maximum absolute atomic E-state index is 13.2. The average molecular weight is 357 g/mol. The van der Waals surface area contributed by atoms with Crippen LogP contribution in [0.25, 0.3) is 0 Å². The first-order valence-corrected chi connectivity index (χ1v) is 9.83.